The molecule has 0 unspecified atom stereocenters. The van der Waals surface area contributed by atoms with Gasteiger partial charge < -0.3 is 19.3 Å². The zero-order valence-electron chi connectivity index (χ0n) is 24.3. The molecule has 0 aliphatic carbocycles. The van der Waals surface area contributed by atoms with E-state index in [1.54, 1.807) is 12.2 Å². The van der Waals surface area contributed by atoms with E-state index in [0.717, 1.165) is 45.4 Å². The number of anilines is 4. The number of allylic oxidation sites excluding steroid dienone is 6. The van der Waals surface area contributed by atoms with E-state index in [1.807, 2.05) is 140 Å². The van der Waals surface area contributed by atoms with Crippen molar-refractivity contribution in [3.8, 4) is 23.6 Å². The fourth-order valence-electron chi connectivity index (χ4n) is 4.96. The topological polar surface area (TPSA) is 72.5 Å². The molecule has 0 spiro atoms. The van der Waals surface area contributed by atoms with Crippen LogP contribution >= 0.6 is 0 Å². The number of ether oxygens (including phenoxy) is 2. The Morgan fingerprint density at radius 1 is 0.636 bits per heavy atom. The number of fused-ring (bicyclic) bond motifs is 2. The molecule has 2 heterocycles. The smallest absolute Gasteiger partial charge is 0.151 e. The Hall–Kier alpha value is -6.24. The predicted molar refractivity (Wildman–Crippen MR) is 176 cm³/mol. The number of para-hydroxylation sites is 4. The Balaban J connectivity index is 1.24. The van der Waals surface area contributed by atoms with Crippen molar-refractivity contribution in [2.24, 2.45) is 0 Å². The number of rotatable bonds is 6. The molecule has 212 valence electrons. The summed E-state index contributed by atoms with van der Waals surface area (Å²) in [6, 6.07) is 36.3. The Kier molecular flexibility index (Phi) is 7.82. The van der Waals surface area contributed by atoms with Crippen LogP contribution in [0.3, 0.4) is 0 Å². The van der Waals surface area contributed by atoms with Crippen molar-refractivity contribution in [1.29, 1.82) is 10.5 Å². The van der Waals surface area contributed by atoms with Gasteiger partial charge in [-0.1, -0.05) is 60.7 Å². The predicted octanol–water partition coefficient (Wildman–Crippen LogP) is 9.20. The summed E-state index contributed by atoms with van der Waals surface area (Å²) in [6.45, 7) is 0. The van der Waals surface area contributed by atoms with Crippen LogP contribution in [-0.2, 0) is 4.74 Å². The van der Waals surface area contributed by atoms with Crippen molar-refractivity contribution >= 4 is 34.9 Å². The highest BCUT2D eigenvalue weighted by molar-refractivity contribution is 5.86. The SMILES string of the molecule is CN(C)c1ccc(/C=C/C2=CC(=C(C#N)C#N)C=C(/C=C/c3ccc(N4c5ccccc5Oc5ccccc54)cc3)O2)cc1. The van der Waals surface area contributed by atoms with Crippen LogP contribution in [0.2, 0.25) is 0 Å². The average Bonchev–Trinajstić information content (AvgIpc) is 3.06. The summed E-state index contributed by atoms with van der Waals surface area (Å²) in [6.07, 6.45) is 11.0. The second-order valence-corrected chi connectivity index (χ2v) is 10.4. The standard InChI is InChI=1S/C38H28N4O2/c1-41(2)31-17-11-27(12-18-31)15-21-33-23-29(30(25-39)26-40)24-34(43-33)22-16-28-13-19-32(20-14-28)42-35-7-3-5-9-37(35)44-38-10-6-4-8-36(38)42/h3-24H,1-2H3/b21-15+,22-16+. The summed E-state index contributed by atoms with van der Waals surface area (Å²) in [5, 5.41) is 19.0. The third kappa shape index (κ3) is 5.87. The summed E-state index contributed by atoms with van der Waals surface area (Å²) < 4.78 is 12.3. The van der Waals surface area contributed by atoms with Crippen molar-refractivity contribution in [2.75, 3.05) is 23.9 Å². The first-order chi connectivity index (χ1) is 21.5. The van der Waals surface area contributed by atoms with Crippen LogP contribution in [0.25, 0.3) is 12.2 Å². The molecule has 6 nitrogen and oxygen atoms in total. The van der Waals surface area contributed by atoms with Gasteiger partial charge in [-0.15, -0.1) is 0 Å². The van der Waals surface area contributed by atoms with Gasteiger partial charge in [-0.2, -0.15) is 10.5 Å². The molecule has 0 aromatic heterocycles. The van der Waals surface area contributed by atoms with Crippen molar-refractivity contribution in [3.63, 3.8) is 0 Å². The molecule has 0 amide bonds. The molecule has 6 rings (SSSR count). The molecular formula is C38H28N4O2. The summed E-state index contributed by atoms with van der Waals surface area (Å²) in [5.41, 5.74) is 6.55. The molecule has 0 saturated heterocycles. The first-order valence-corrected chi connectivity index (χ1v) is 14.1. The molecule has 0 atom stereocenters. The minimum absolute atomic E-state index is 0.0239. The highest BCUT2D eigenvalue weighted by atomic mass is 16.5. The van der Waals surface area contributed by atoms with Gasteiger partial charge in [0.1, 0.15) is 29.2 Å². The molecule has 0 radical (unpaired) electrons. The number of nitrogens with zero attached hydrogens (tertiary/aromatic N) is 4. The summed E-state index contributed by atoms with van der Waals surface area (Å²) in [4.78, 5) is 4.23. The van der Waals surface area contributed by atoms with E-state index in [9.17, 15) is 10.5 Å². The largest absolute Gasteiger partial charge is 0.457 e. The lowest BCUT2D eigenvalue weighted by molar-refractivity contribution is 0.332. The van der Waals surface area contributed by atoms with Crippen molar-refractivity contribution in [1.82, 2.24) is 0 Å². The van der Waals surface area contributed by atoms with Crippen LogP contribution in [-0.4, -0.2) is 14.1 Å². The van der Waals surface area contributed by atoms with Gasteiger partial charge in [0.25, 0.3) is 0 Å². The number of hydrogen-bond donors (Lipinski definition) is 0. The molecule has 6 heteroatoms. The quantitative estimate of drug-likeness (QED) is 0.189. The van der Waals surface area contributed by atoms with Crippen LogP contribution < -0.4 is 14.5 Å². The minimum Gasteiger partial charge on any atom is -0.457 e. The molecule has 0 fully saturated rings. The van der Waals surface area contributed by atoms with E-state index >= 15 is 0 Å². The van der Waals surface area contributed by atoms with Crippen LogP contribution in [0.15, 0.2) is 144 Å². The number of hydrogen-bond acceptors (Lipinski definition) is 6. The zero-order valence-corrected chi connectivity index (χ0v) is 24.3. The normalized spacial score (nSPS) is 13.5. The van der Waals surface area contributed by atoms with Gasteiger partial charge in [-0.25, -0.2) is 0 Å². The van der Waals surface area contributed by atoms with E-state index in [-0.39, 0.29) is 5.57 Å². The maximum absolute atomic E-state index is 9.51. The zero-order chi connectivity index (χ0) is 30.5. The lowest BCUT2D eigenvalue weighted by Crippen LogP contribution is -2.15. The van der Waals surface area contributed by atoms with E-state index in [0.29, 0.717) is 17.1 Å². The van der Waals surface area contributed by atoms with Crippen LogP contribution in [0.5, 0.6) is 11.5 Å². The van der Waals surface area contributed by atoms with Gasteiger partial charge in [-0.3, -0.25) is 0 Å². The van der Waals surface area contributed by atoms with Crippen LogP contribution in [0.1, 0.15) is 11.1 Å². The Labute approximate surface area is 257 Å². The monoisotopic (exact) mass is 572 g/mol. The first-order valence-electron chi connectivity index (χ1n) is 14.1. The molecule has 0 N–H and O–H groups in total. The minimum atomic E-state index is 0.0239. The number of nitriles is 2. The fraction of sp³-hybridized carbons (Fsp3) is 0.0526. The maximum atomic E-state index is 9.51. The van der Waals surface area contributed by atoms with E-state index in [1.165, 1.54) is 0 Å². The lowest BCUT2D eigenvalue weighted by Gasteiger charge is -2.32. The lowest BCUT2D eigenvalue weighted by atomic mass is 10.0. The van der Waals surface area contributed by atoms with Gasteiger partial charge in [-0.05, 0) is 84.0 Å². The Morgan fingerprint density at radius 2 is 1.14 bits per heavy atom. The third-order valence-electron chi connectivity index (χ3n) is 7.22. The summed E-state index contributed by atoms with van der Waals surface area (Å²) in [7, 11) is 4.00. The number of benzene rings is 4. The molecular weight excluding hydrogens is 544 g/mol. The van der Waals surface area contributed by atoms with E-state index in [2.05, 4.69) is 17.0 Å². The van der Waals surface area contributed by atoms with Gasteiger partial charge in [0, 0.05) is 31.0 Å². The third-order valence-corrected chi connectivity index (χ3v) is 7.22. The average molecular weight is 573 g/mol. The van der Waals surface area contributed by atoms with Crippen molar-refractivity contribution in [3.05, 3.63) is 155 Å². The molecule has 4 aromatic rings. The van der Waals surface area contributed by atoms with Gasteiger partial charge in [0.15, 0.2) is 11.5 Å². The molecule has 4 aromatic carbocycles. The summed E-state index contributed by atoms with van der Waals surface area (Å²) >= 11 is 0. The van der Waals surface area contributed by atoms with Gasteiger partial charge >= 0.3 is 0 Å². The van der Waals surface area contributed by atoms with E-state index in [4.69, 9.17) is 9.47 Å². The van der Waals surface area contributed by atoms with Crippen molar-refractivity contribution in [2.45, 2.75) is 0 Å². The van der Waals surface area contributed by atoms with Crippen LogP contribution in [0.4, 0.5) is 22.7 Å². The van der Waals surface area contributed by atoms with Crippen molar-refractivity contribution < 1.29 is 9.47 Å². The van der Waals surface area contributed by atoms with Gasteiger partial charge in [0.05, 0.1) is 11.4 Å². The molecule has 44 heavy (non-hydrogen) atoms. The molecule has 2 aliphatic rings. The van der Waals surface area contributed by atoms with Crippen LogP contribution in [0, 0.1) is 22.7 Å². The Bertz CT molecular complexity index is 1890. The fourth-order valence-corrected chi connectivity index (χ4v) is 4.96. The molecule has 0 saturated carbocycles. The van der Waals surface area contributed by atoms with E-state index < -0.39 is 0 Å². The Morgan fingerprint density at radius 3 is 1.64 bits per heavy atom. The van der Waals surface area contributed by atoms with Gasteiger partial charge in [0.2, 0.25) is 0 Å². The second-order valence-electron chi connectivity index (χ2n) is 10.4. The highest BCUT2D eigenvalue weighted by Crippen LogP contribution is 2.49. The maximum Gasteiger partial charge on any atom is 0.151 e. The highest BCUT2D eigenvalue weighted by Gasteiger charge is 2.25. The molecule has 2 aliphatic heterocycles. The summed E-state index contributed by atoms with van der Waals surface area (Å²) in [5.74, 6) is 2.66. The second kappa shape index (κ2) is 12.3. The first kappa shape index (κ1) is 27.9. The molecule has 0 bridgehead atoms.